The van der Waals surface area contributed by atoms with Crippen LogP contribution in [0.3, 0.4) is 0 Å². The zero-order chi connectivity index (χ0) is 29.9. The van der Waals surface area contributed by atoms with Gasteiger partial charge in [0.15, 0.2) is 0 Å². The van der Waals surface area contributed by atoms with Gasteiger partial charge in [-0.3, -0.25) is 19.2 Å². The Kier molecular flexibility index (Phi) is 8.82. The summed E-state index contributed by atoms with van der Waals surface area (Å²) in [5.74, 6) is -7.11. The van der Waals surface area contributed by atoms with Crippen molar-refractivity contribution in [2.45, 2.75) is 38.2 Å². The molecule has 3 aromatic rings. The Labute approximate surface area is 231 Å². The van der Waals surface area contributed by atoms with E-state index in [4.69, 9.17) is 4.74 Å². The molecule has 41 heavy (non-hydrogen) atoms. The fourth-order valence-corrected chi connectivity index (χ4v) is 5.58. The number of carbonyl (C=O) groups is 3. The zero-order valence-electron chi connectivity index (χ0n) is 21.1. The van der Waals surface area contributed by atoms with Crippen LogP contribution < -0.4 is 15.8 Å². The molecule has 2 aromatic heterocycles. The summed E-state index contributed by atoms with van der Waals surface area (Å²) in [7, 11) is 0. The highest BCUT2D eigenvalue weighted by Gasteiger charge is 2.54. The number of halogens is 6. The van der Waals surface area contributed by atoms with E-state index >= 15 is 0 Å². The molecule has 0 saturated carbocycles. The lowest BCUT2D eigenvalue weighted by atomic mass is 10.1. The third-order valence-electron chi connectivity index (χ3n) is 6.25. The number of amides is 1. The van der Waals surface area contributed by atoms with Gasteiger partial charge in [-0.1, -0.05) is 12.1 Å². The number of carbonyl (C=O) groups excluding carboxylic acids is 3. The van der Waals surface area contributed by atoms with E-state index in [1.54, 1.807) is 0 Å². The van der Waals surface area contributed by atoms with E-state index in [1.165, 1.54) is 16.2 Å². The lowest BCUT2D eigenvalue weighted by Crippen LogP contribution is -2.39. The van der Waals surface area contributed by atoms with E-state index in [0.717, 1.165) is 62.4 Å². The average molecular weight is 605 g/mol. The topological polar surface area (TPSA) is 121 Å². The standard InChI is InChI=1S/C21H22N4O3S.C4F6O2/c26-19-17-15-5-2-6-16(15)29-21(17)24-18(23-19)20(27)22-12-13-3-1-4-14(11-13)25-7-9-28-10-8-25;5-3(6,7)1(11)2(12)4(8,9)10/h1,3-4,11H,2,5-10,12H2,(H,22,27)(H,23,24,26);. The second kappa shape index (κ2) is 12.0. The monoisotopic (exact) mass is 604 g/mol. The normalized spacial score (nSPS) is 15.2. The number of aromatic nitrogens is 2. The number of hydrogen-bond donors (Lipinski definition) is 2. The van der Waals surface area contributed by atoms with Crippen molar-refractivity contribution >= 4 is 44.7 Å². The second-order valence-corrected chi connectivity index (χ2v) is 10.1. The molecule has 1 aromatic carbocycles. The van der Waals surface area contributed by atoms with E-state index in [9.17, 15) is 45.5 Å². The lowest BCUT2D eigenvalue weighted by molar-refractivity contribution is -0.193. The van der Waals surface area contributed by atoms with Crippen LogP contribution in [0.1, 0.15) is 33.0 Å². The van der Waals surface area contributed by atoms with Crippen molar-refractivity contribution in [3.05, 3.63) is 56.4 Å². The van der Waals surface area contributed by atoms with Crippen LogP contribution in [0.5, 0.6) is 0 Å². The molecule has 16 heteroatoms. The highest BCUT2D eigenvalue weighted by molar-refractivity contribution is 7.18. The lowest BCUT2D eigenvalue weighted by Gasteiger charge is -2.29. The van der Waals surface area contributed by atoms with Gasteiger partial charge in [0, 0.05) is 30.2 Å². The quantitative estimate of drug-likeness (QED) is 0.338. The second-order valence-electron chi connectivity index (χ2n) is 9.06. The maximum absolute atomic E-state index is 12.6. The van der Waals surface area contributed by atoms with E-state index < -0.39 is 23.9 Å². The van der Waals surface area contributed by atoms with Crippen LogP contribution in [-0.2, 0) is 33.7 Å². The first-order valence-corrected chi connectivity index (χ1v) is 13.0. The molecule has 3 heterocycles. The van der Waals surface area contributed by atoms with Gasteiger partial charge in [-0.15, -0.1) is 11.3 Å². The Morgan fingerprint density at radius 2 is 1.68 bits per heavy atom. The first kappa shape index (κ1) is 30.2. The summed E-state index contributed by atoms with van der Waals surface area (Å²) in [5.41, 5.74) is 3.03. The Morgan fingerprint density at radius 3 is 2.32 bits per heavy atom. The maximum atomic E-state index is 12.6. The molecule has 0 spiro atoms. The van der Waals surface area contributed by atoms with Gasteiger partial charge >= 0.3 is 23.9 Å². The number of benzene rings is 1. The molecule has 1 amide bonds. The first-order chi connectivity index (χ1) is 19.3. The molecule has 0 atom stereocenters. The molecule has 5 rings (SSSR count). The third-order valence-corrected chi connectivity index (χ3v) is 7.44. The Bertz CT molecular complexity index is 1500. The van der Waals surface area contributed by atoms with Crippen molar-refractivity contribution in [2.24, 2.45) is 0 Å². The van der Waals surface area contributed by atoms with Crippen LogP contribution in [0.25, 0.3) is 10.2 Å². The van der Waals surface area contributed by atoms with Crippen molar-refractivity contribution in [1.29, 1.82) is 0 Å². The summed E-state index contributed by atoms with van der Waals surface area (Å²) in [4.78, 5) is 55.7. The van der Waals surface area contributed by atoms with Crippen LogP contribution in [0.15, 0.2) is 29.1 Å². The van der Waals surface area contributed by atoms with Gasteiger partial charge in [0.2, 0.25) is 5.82 Å². The first-order valence-electron chi connectivity index (χ1n) is 12.2. The van der Waals surface area contributed by atoms with Gasteiger partial charge in [0.25, 0.3) is 11.5 Å². The average Bonchev–Trinajstić information content (AvgIpc) is 3.52. The number of ether oxygens (including phenoxy) is 1. The molecule has 1 saturated heterocycles. The number of fused-ring (bicyclic) bond motifs is 3. The van der Waals surface area contributed by atoms with E-state index in [-0.39, 0.29) is 17.3 Å². The molecule has 2 aliphatic rings. The van der Waals surface area contributed by atoms with Crippen LogP contribution in [0.4, 0.5) is 32.0 Å². The number of hydrogen-bond acceptors (Lipinski definition) is 8. The van der Waals surface area contributed by atoms with Gasteiger partial charge in [-0.2, -0.15) is 26.3 Å². The number of alkyl halides is 6. The molecule has 0 radical (unpaired) electrons. The summed E-state index contributed by atoms with van der Waals surface area (Å²) in [5, 5.41) is 3.54. The number of anilines is 1. The van der Waals surface area contributed by atoms with E-state index in [1.807, 2.05) is 12.1 Å². The number of thiophene rings is 1. The molecular formula is C25H22F6N4O5S. The largest absolute Gasteiger partial charge is 0.458 e. The molecule has 9 nitrogen and oxygen atoms in total. The smallest absolute Gasteiger partial charge is 0.378 e. The maximum Gasteiger partial charge on any atom is 0.458 e. The molecule has 2 N–H and O–H groups in total. The summed E-state index contributed by atoms with van der Waals surface area (Å²) in [6.07, 6.45) is -8.54. The number of Topliss-reactive ketones (excluding diaryl/α,β-unsaturated/α-hetero) is 2. The third kappa shape index (κ3) is 7.11. The Morgan fingerprint density at radius 1 is 1.02 bits per heavy atom. The summed E-state index contributed by atoms with van der Waals surface area (Å²) >= 11 is 1.54. The minimum Gasteiger partial charge on any atom is -0.378 e. The number of aryl methyl sites for hydroxylation is 2. The number of H-pyrrole nitrogens is 1. The van der Waals surface area contributed by atoms with Gasteiger partial charge in [-0.25, -0.2) is 4.98 Å². The fraction of sp³-hybridized carbons (Fsp3) is 0.400. The number of aromatic amines is 1. The van der Waals surface area contributed by atoms with Crippen LogP contribution in [-0.4, -0.2) is 66.1 Å². The molecule has 1 aliphatic carbocycles. The van der Waals surface area contributed by atoms with Crippen molar-refractivity contribution in [3.63, 3.8) is 0 Å². The molecule has 0 unspecified atom stereocenters. The van der Waals surface area contributed by atoms with Gasteiger partial charge in [0.1, 0.15) is 4.83 Å². The summed E-state index contributed by atoms with van der Waals surface area (Å²) in [6.45, 7) is 3.57. The molecule has 0 bridgehead atoms. The highest BCUT2D eigenvalue weighted by Crippen LogP contribution is 2.34. The van der Waals surface area contributed by atoms with Crippen molar-refractivity contribution in [3.8, 4) is 0 Å². The predicted molar refractivity (Wildman–Crippen MR) is 135 cm³/mol. The van der Waals surface area contributed by atoms with Crippen molar-refractivity contribution in [1.82, 2.24) is 15.3 Å². The minimum absolute atomic E-state index is 0.0757. The Balaban J connectivity index is 0.000000275. The zero-order valence-corrected chi connectivity index (χ0v) is 21.9. The number of nitrogens with zero attached hydrogens (tertiary/aromatic N) is 2. The van der Waals surface area contributed by atoms with Gasteiger partial charge < -0.3 is 19.9 Å². The van der Waals surface area contributed by atoms with Crippen LogP contribution in [0, 0.1) is 0 Å². The fourth-order valence-electron chi connectivity index (χ4n) is 4.32. The SMILES string of the molecule is O=C(C(=O)C(F)(F)F)C(F)(F)F.O=C(NCc1cccc(N2CCOCC2)c1)c1nc2sc3c(c2c(=O)[nH]1)CCC3. The van der Waals surface area contributed by atoms with Gasteiger partial charge in [0.05, 0.1) is 18.6 Å². The molecular weight excluding hydrogens is 582 g/mol. The van der Waals surface area contributed by atoms with E-state index in [0.29, 0.717) is 16.8 Å². The minimum atomic E-state index is -5.77. The number of ketones is 2. The van der Waals surface area contributed by atoms with Gasteiger partial charge in [-0.05, 0) is 42.5 Å². The van der Waals surface area contributed by atoms with Crippen molar-refractivity contribution in [2.75, 3.05) is 31.2 Å². The molecule has 1 aliphatic heterocycles. The highest BCUT2D eigenvalue weighted by atomic mass is 32.1. The molecule has 220 valence electrons. The van der Waals surface area contributed by atoms with Crippen LogP contribution >= 0.6 is 11.3 Å². The number of rotatable bonds is 5. The van der Waals surface area contributed by atoms with Crippen molar-refractivity contribution < 1.29 is 45.5 Å². The predicted octanol–water partition coefficient (Wildman–Crippen LogP) is 3.49. The summed E-state index contributed by atoms with van der Waals surface area (Å²) < 4.78 is 72.4. The molecule has 1 fully saturated rings. The summed E-state index contributed by atoms with van der Waals surface area (Å²) in [6, 6.07) is 8.12. The number of morpholine rings is 1. The number of nitrogens with one attached hydrogen (secondary N) is 2. The van der Waals surface area contributed by atoms with E-state index in [2.05, 4.69) is 32.3 Å². The van der Waals surface area contributed by atoms with Crippen LogP contribution in [0.2, 0.25) is 0 Å². The Hall–Kier alpha value is -3.79.